The maximum atomic E-state index is 12.8. The molecule has 0 saturated carbocycles. The van der Waals surface area contributed by atoms with E-state index in [9.17, 15) is 13.2 Å². The van der Waals surface area contributed by atoms with Crippen molar-refractivity contribution in [3.05, 3.63) is 36.2 Å². The number of thioether (sulfide) groups is 1. The number of hydrogen-bond donors (Lipinski definition) is 0. The van der Waals surface area contributed by atoms with Crippen LogP contribution in [-0.4, -0.2) is 21.2 Å². The zero-order chi connectivity index (χ0) is 13.2. The van der Waals surface area contributed by atoms with Gasteiger partial charge in [0.2, 0.25) is 0 Å². The van der Waals surface area contributed by atoms with E-state index in [1.807, 2.05) is 0 Å². The summed E-state index contributed by atoms with van der Waals surface area (Å²) in [5.41, 5.74) is -0.805. The third-order valence-corrected chi connectivity index (χ3v) is 2.73. The van der Waals surface area contributed by atoms with Crippen molar-refractivity contribution < 1.29 is 13.2 Å². The molecule has 0 aromatic carbocycles. The molecule has 2 rings (SSSR count). The maximum absolute atomic E-state index is 12.8. The number of alkyl halides is 3. The minimum Gasteiger partial charge on any atom is -0.254 e. The molecule has 0 bridgehead atoms. The monoisotopic (exact) mass is 271 g/mol. The van der Waals surface area contributed by atoms with E-state index in [-0.39, 0.29) is 11.4 Å². The average Bonchev–Trinajstić information content (AvgIpc) is 2.38. The number of rotatable bonds is 2. The first-order valence-electron chi connectivity index (χ1n) is 4.92. The number of nitrogens with zero attached hydrogens (tertiary/aromatic N) is 3. The van der Waals surface area contributed by atoms with Crippen molar-refractivity contribution in [2.45, 2.75) is 11.3 Å². The SMILES string of the molecule is CSc1nccc(-c2ncccc2C(F)(F)F)n1. The zero-order valence-electron chi connectivity index (χ0n) is 9.27. The van der Waals surface area contributed by atoms with E-state index in [0.717, 1.165) is 6.07 Å². The van der Waals surface area contributed by atoms with Crippen LogP contribution in [0.1, 0.15) is 5.56 Å². The van der Waals surface area contributed by atoms with Gasteiger partial charge < -0.3 is 0 Å². The van der Waals surface area contributed by atoms with E-state index >= 15 is 0 Å². The third kappa shape index (κ3) is 2.61. The maximum Gasteiger partial charge on any atom is 0.418 e. The van der Waals surface area contributed by atoms with Crippen LogP contribution in [0.5, 0.6) is 0 Å². The molecule has 18 heavy (non-hydrogen) atoms. The molecule has 0 aliphatic heterocycles. The molecule has 0 radical (unpaired) electrons. The summed E-state index contributed by atoms with van der Waals surface area (Å²) >= 11 is 1.26. The first-order valence-corrected chi connectivity index (χ1v) is 6.14. The average molecular weight is 271 g/mol. The summed E-state index contributed by atoms with van der Waals surface area (Å²) in [4.78, 5) is 11.7. The van der Waals surface area contributed by atoms with Crippen molar-refractivity contribution in [2.75, 3.05) is 6.26 Å². The fourth-order valence-corrected chi connectivity index (χ4v) is 1.77. The highest BCUT2D eigenvalue weighted by molar-refractivity contribution is 7.98. The predicted octanol–water partition coefficient (Wildman–Crippen LogP) is 3.28. The minimum atomic E-state index is -4.45. The molecule has 0 N–H and O–H groups in total. The van der Waals surface area contributed by atoms with Crippen molar-refractivity contribution in [3.8, 4) is 11.4 Å². The first-order chi connectivity index (χ1) is 8.52. The Labute approximate surface area is 105 Å². The Balaban J connectivity index is 2.57. The Morgan fingerprint density at radius 1 is 1.11 bits per heavy atom. The normalized spacial score (nSPS) is 11.6. The second-order valence-corrected chi connectivity index (χ2v) is 4.10. The van der Waals surface area contributed by atoms with Crippen LogP contribution in [0.3, 0.4) is 0 Å². The lowest BCUT2D eigenvalue weighted by atomic mass is 10.1. The molecule has 0 atom stereocenters. The molecule has 0 spiro atoms. The lowest BCUT2D eigenvalue weighted by Gasteiger charge is -2.11. The molecule has 0 aliphatic rings. The molecule has 2 aromatic rings. The van der Waals surface area contributed by atoms with E-state index in [0.29, 0.717) is 5.16 Å². The van der Waals surface area contributed by atoms with Gasteiger partial charge in [0.15, 0.2) is 5.16 Å². The smallest absolute Gasteiger partial charge is 0.254 e. The molecule has 2 aromatic heterocycles. The van der Waals surface area contributed by atoms with Crippen LogP contribution in [0, 0.1) is 0 Å². The van der Waals surface area contributed by atoms with Gasteiger partial charge in [-0.1, -0.05) is 11.8 Å². The lowest BCUT2D eigenvalue weighted by Crippen LogP contribution is -2.08. The number of halogens is 3. The van der Waals surface area contributed by atoms with Crippen molar-refractivity contribution >= 4 is 11.8 Å². The van der Waals surface area contributed by atoms with Gasteiger partial charge in [0.1, 0.15) is 5.69 Å². The molecule has 0 aliphatic carbocycles. The highest BCUT2D eigenvalue weighted by Gasteiger charge is 2.34. The van der Waals surface area contributed by atoms with E-state index in [2.05, 4.69) is 15.0 Å². The van der Waals surface area contributed by atoms with Crippen molar-refractivity contribution in [2.24, 2.45) is 0 Å². The van der Waals surface area contributed by atoms with Crippen molar-refractivity contribution in [3.63, 3.8) is 0 Å². The Bertz CT molecular complexity index is 557. The molecule has 7 heteroatoms. The summed E-state index contributed by atoms with van der Waals surface area (Å²) in [7, 11) is 0. The van der Waals surface area contributed by atoms with Crippen LogP contribution in [-0.2, 0) is 6.18 Å². The number of aromatic nitrogens is 3. The highest BCUT2D eigenvalue weighted by atomic mass is 32.2. The third-order valence-electron chi connectivity index (χ3n) is 2.17. The van der Waals surface area contributed by atoms with Crippen LogP contribution in [0.25, 0.3) is 11.4 Å². The van der Waals surface area contributed by atoms with Gasteiger partial charge in [0.05, 0.1) is 11.3 Å². The number of hydrogen-bond acceptors (Lipinski definition) is 4. The summed E-state index contributed by atoms with van der Waals surface area (Å²) in [6.07, 6.45) is 0.0325. The summed E-state index contributed by atoms with van der Waals surface area (Å²) in [6.45, 7) is 0. The minimum absolute atomic E-state index is 0.169. The van der Waals surface area contributed by atoms with E-state index in [4.69, 9.17) is 0 Å². The number of pyridine rings is 1. The van der Waals surface area contributed by atoms with E-state index in [1.54, 1.807) is 6.26 Å². The van der Waals surface area contributed by atoms with Crippen LogP contribution >= 0.6 is 11.8 Å². The summed E-state index contributed by atoms with van der Waals surface area (Å²) in [6, 6.07) is 3.66. The molecule has 0 amide bonds. The standard InChI is InChI=1S/C11H8F3N3S/c1-18-10-16-6-4-8(17-10)9-7(11(12,13)14)3-2-5-15-9/h2-6H,1H3. The van der Waals surface area contributed by atoms with Gasteiger partial charge in [0, 0.05) is 12.4 Å². The van der Waals surface area contributed by atoms with E-state index < -0.39 is 11.7 Å². The highest BCUT2D eigenvalue weighted by Crippen LogP contribution is 2.35. The lowest BCUT2D eigenvalue weighted by molar-refractivity contribution is -0.137. The summed E-state index contributed by atoms with van der Waals surface area (Å²) < 4.78 is 38.5. The van der Waals surface area contributed by atoms with Crippen molar-refractivity contribution in [1.82, 2.24) is 15.0 Å². The fourth-order valence-electron chi connectivity index (χ4n) is 1.41. The van der Waals surface area contributed by atoms with Crippen LogP contribution in [0.2, 0.25) is 0 Å². The van der Waals surface area contributed by atoms with Gasteiger partial charge in [0.25, 0.3) is 0 Å². The summed E-state index contributed by atoms with van der Waals surface area (Å²) in [5, 5.41) is 0.409. The molecule has 2 heterocycles. The molecule has 0 unspecified atom stereocenters. The molecule has 94 valence electrons. The molecular formula is C11H8F3N3S. The second kappa shape index (κ2) is 4.93. The Morgan fingerprint density at radius 3 is 2.56 bits per heavy atom. The van der Waals surface area contributed by atoms with Crippen LogP contribution in [0.15, 0.2) is 35.7 Å². The Hall–Kier alpha value is -1.63. The largest absolute Gasteiger partial charge is 0.418 e. The van der Waals surface area contributed by atoms with Gasteiger partial charge in [-0.15, -0.1) is 0 Å². The summed E-state index contributed by atoms with van der Waals surface area (Å²) in [5.74, 6) is 0. The van der Waals surface area contributed by atoms with Gasteiger partial charge >= 0.3 is 6.18 Å². The van der Waals surface area contributed by atoms with Crippen molar-refractivity contribution in [1.29, 1.82) is 0 Å². The van der Waals surface area contributed by atoms with Gasteiger partial charge in [-0.2, -0.15) is 13.2 Å². The van der Waals surface area contributed by atoms with Crippen LogP contribution in [0.4, 0.5) is 13.2 Å². The van der Waals surface area contributed by atoms with Crippen LogP contribution < -0.4 is 0 Å². The topological polar surface area (TPSA) is 38.7 Å². The Morgan fingerprint density at radius 2 is 1.89 bits per heavy atom. The zero-order valence-corrected chi connectivity index (χ0v) is 10.1. The first kappa shape index (κ1) is 12.8. The second-order valence-electron chi connectivity index (χ2n) is 3.33. The molecule has 0 saturated heterocycles. The van der Waals surface area contributed by atoms with Gasteiger partial charge in [-0.05, 0) is 24.5 Å². The quantitative estimate of drug-likeness (QED) is 0.620. The molecule has 3 nitrogen and oxygen atoms in total. The van der Waals surface area contributed by atoms with Gasteiger partial charge in [-0.25, -0.2) is 9.97 Å². The molecular weight excluding hydrogens is 263 g/mol. The predicted molar refractivity (Wildman–Crippen MR) is 62.0 cm³/mol. The van der Waals surface area contributed by atoms with Gasteiger partial charge in [-0.3, -0.25) is 4.98 Å². The Kier molecular flexibility index (Phi) is 3.51. The fraction of sp³-hybridized carbons (Fsp3) is 0.182. The van der Waals surface area contributed by atoms with E-state index in [1.165, 1.54) is 36.3 Å². The molecule has 0 fully saturated rings.